The van der Waals surface area contributed by atoms with Gasteiger partial charge in [-0.15, -0.1) is 0 Å². The number of nitrogens with one attached hydrogen (secondary N) is 2. The number of benzene rings is 1. The summed E-state index contributed by atoms with van der Waals surface area (Å²) in [6.45, 7) is 2.69. The van der Waals surface area contributed by atoms with Gasteiger partial charge in [0.2, 0.25) is 10.0 Å². The number of hydrogen-bond acceptors (Lipinski definition) is 5. The minimum absolute atomic E-state index is 0.206. The van der Waals surface area contributed by atoms with Gasteiger partial charge < -0.3 is 15.8 Å². The van der Waals surface area contributed by atoms with Crippen LogP contribution in [0, 0.1) is 0 Å². The normalized spacial score (nSPS) is 22.3. The Bertz CT molecular complexity index is 568. The molecule has 0 radical (unpaired) electrons. The van der Waals surface area contributed by atoms with Crippen LogP contribution in [0.3, 0.4) is 0 Å². The lowest BCUT2D eigenvalue weighted by molar-refractivity contribution is 0.00300. The number of ether oxygens (including phenoxy) is 1. The topological polar surface area (TPSA) is 93.4 Å². The van der Waals surface area contributed by atoms with E-state index in [4.69, 9.17) is 10.5 Å². The number of nitrogens with two attached hydrogens (primary N) is 1. The Kier molecular flexibility index (Phi) is 4.52. The van der Waals surface area contributed by atoms with Gasteiger partial charge in [0.1, 0.15) is 0 Å². The minimum Gasteiger partial charge on any atom is -0.397 e. The molecule has 0 unspecified atom stereocenters. The average molecular weight is 299 g/mol. The van der Waals surface area contributed by atoms with Crippen molar-refractivity contribution in [3.8, 4) is 0 Å². The first-order valence-corrected chi connectivity index (χ1v) is 8.15. The number of nitrogen functional groups attached to an aromatic ring is 1. The van der Waals surface area contributed by atoms with Crippen molar-refractivity contribution in [3.63, 3.8) is 0 Å². The fourth-order valence-electron chi connectivity index (χ4n) is 2.22. The van der Waals surface area contributed by atoms with E-state index in [1.165, 1.54) is 13.1 Å². The summed E-state index contributed by atoms with van der Waals surface area (Å²) in [4.78, 5) is 0.206. The maximum Gasteiger partial charge on any atom is 0.240 e. The molecule has 0 spiro atoms. The molecule has 0 bridgehead atoms. The quantitative estimate of drug-likeness (QED) is 0.685. The third-order valence-electron chi connectivity index (χ3n) is 3.46. The van der Waals surface area contributed by atoms with E-state index in [1.54, 1.807) is 12.1 Å². The van der Waals surface area contributed by atoms with Crippen LogP contribution in [-0.2, 0) is 14.8 Å². The van der Waals surface area contributed by atoms with Crippen molar-refractivity contribution in [2.24, 2.45) is 0 Å². The molecular weight excluding hydrogens is 278 g/mol. The summed E-state index contributed by atoms with van der Waals surface area (Å²) in [6, 6.07) is 4.94. The molecule has 1 aromatic carbocycles. The molecule has 2 rings (SSSR count). The second-order valence-electron chi connectivity index (χ2n) is 4.85. The zero-order chi connectivity index (χ0) is 14.8. The van der Waals surface area contributed by atoms with Crippen LogP contribution in [0.5, 0.6) is 0 Å². The summed E-state index contributed by atoms with van der Waals surface area (Å²) in [5, 5.41) is 3.27. The van der Waals surface area contributed by atoms with Gasteiger partial charge in [0.05, 0.1) is 22.4 Å². The van der Waals surface area contributed by atoms with E-state index in [0.29, 0.717) is 17.5 Å². The second-order valence-corrected chi connectivity index (χ2v) is 6.73. The molecule has 6 nitrogen and oxygen atoms in total. The monoisotopic (exact) mass is 299 g/mol. The van der Waals surface area contributed by atoms with Crippen molar-refractivity contribution in [1.29, 1.82) is 0 Å². The molecule has 0 aliphatic heterocycles. The van der Waals surface area contributed by atoms with Gasteiger partial charge in [-0.3, -0.25) is 0 Å². The molecule has 1 aromatic rings. The molecule has 1 saturated carbocycles. The molecule has 112 valence electrons. The standard InChI is InChI=1S/C13H21N3O3S/c1-3-19-10-6-9(7-10)16-13-8-11(4-5-12(13)14)20(17,18)15-2/h4-5,8-10,15-16H,3,6-7,14H2,1-2H3. The average Bonchev–Trinajstić information content (AvgIpc) is 2.38. The van der Waals surface area contributed by atoms with Crippen LogP contribution < -0.4 is 15.8 Å². The lowest BCUT2D eigenvalue weighted by Gasteiger charge is -2.36. The summed E-state index contributed by atoms with van der Waals surface area (Å²) in [7, 11) is -2.07. The first kappa shape index (κ1) is 15.1. The molecule has 0 saturated heterocycles. The highest BCUT2D eigenvalue weighted by atomic mass is 32.2. The van der Waals surface area contributed by atoms with Gasteiger partial charge in [-0.2, -0.15) is 0 Å². The van der Waals surface area contributed by atoms with Crippen molar-refractivity contribution in [2.75, 3.05) is 24.7 Å². The maximum absolute atomic E-state index is 11.8. The summed E-state index contributed by atoms with van der Waals surface area (Å²) < 4.78 is 31.3. The molecule has 1 aliphatic carbocycles. The fourth-order valence-corrected chi connectivity index (χ4v) is 2.98. The first-order chi connectivity index (χ1) is 9.46. The van der Waals surface area contributed by atoms with E-state index < -0.39 is 10.0 Å². The Balaban J connectivity index is 2.07. The predicted octanol–water partition coefficient (Wildman–Crippen LogP) is 1.16. The Hall–Kier alpha value is -1.31. The number of hydrogen-bond donors (Lipinski definition) is 3. The molecule has 1 aliphatic rings. The zero-order valence-electron chi connectivity index (χ0n) is 11.7. The van der Waals surface area contributed by atoms with E-state index in [-0.39, 0.29) is 10.9 Å². The SMILES string of the molecule is CCOC1CC(Nc2cc(S(=O)(=O)NC)ccc2N)C1. The molecule has 4 N–H and O–H groups in total. The van der Waals surface area contributed by atoms with Gasteiger partial charge in [-0.1, -0.05) is 0 Å². The lowest BCUT2D eigenvalue weighted by atomic mass is 9.89. The second kappa shape index (κ2) is 5.99. The molecule has 7 heteroatoms. The lowest BCUT2D eigenvalue weighted by Crippen LogP contribution is -2.41. The van der Waals surface area contributed by atoms with Crippen LogP contribution in [0.4, 0.5) is 11.4 Å². The van der Waals surface area contributed by atoms with Crippen molar-refractivity contribution < 1.29 is 13.2 Å². The number of rotatable bonds is 6. The highest BCUT2D eigenvalue weighted by molar-refractivity contribution is 7.89. The van der Waals surface area contributed by atoms with Crippen LogP contribution in [0.1, 0.15) is 19.8 Å². The van der Waals surface area contributed by atoms with E-state index in [2.05, 4.69) is 10.0 Å². The maximum atomic E-state index is 11.8. The van der Waals surface area contributed by atoms with E-state index in [9.17, 15) is 8.42 Å². The van der Waals surface area contributed by atoms with Crippen LogP contribution in [-0.4, -0.2) is 34.2 Å². The van der Waals surface area contributed by atoms with Gasteiger partial charge in [-0.05, 0) is 45.0 Å². The third kappa shape index (κ3) is 3.23. The van der Waals surface area contributed by atoms with Crippen molar-refractivity contribution >= 4 is 21.4 Å². The predicted molar refractivity (Wildman–Crippen MR) is 79.2 cm³/mol. The molecule has 20 heavy (non-hydrogen) atoms. The van der Waals surface area contributed by atoms with Gasteiger partial charge in [0.15, 0.2) is 0 Å². The number of anilines is 2. The molecule has 0 atom stereocenters. The highest BCUT2D eigenvalue weighted by Gasteiger charge is 2.29. The number of sulfonamides is 1. The summed E-state index contributed by atoms with van der Waals surface area (Å²) in [5.74, 6) is 0. The molecule has 1 fully saturated rings. The molecular formula is C13H21N3O3S. The smallest absolute Gasteiger partial charge is 0.240 e. The summed E-state index contributed by atoms with van der Waals surface area (Å²) in [5.41, 5.74) is 7.08. The Labute approximate surface area is 119 Å². The van der Waals surface area contributed by atoms with Crippen molar-refractivity contribution in [2.45, 2.75) is 36.8 Å². The summed E-state index contributed by atoms with van der Waals surface area (Å²) in [6.07, 6.45) is 2.12. The Morgan fingerprint density at radius 2 is 2.10 bits per heavy atom. The third-order valence-corrected chi connectivity index (χ3v) is 4.87. The molecule has 0 heterocycles. The van der Waals surface area contributed by atoms with Gasteiger partial charge in [-0.25, -0.2) is 13.1 Å². The van der Waals surface area contributed by atoms with E-state index in [0.717, 1.165) is 19.4 Å². The first-order valence-electron chi connectivity index (χ1n) is 6.67. The van der Waals surface area contributed by atoms with E-state index in [1.807, 2.05) is 6.92 Å². The fraction of sp³-hybridized carbons (Fsp3) is 0.538. The Morgan fingerprint density at radius 3 is 2.70 bits per heavy atom. The van der Waals surface area contributed by atoms with Crippen LogP contribution in [0.25, 0.3) is 0 Å². The van der Waals surface area contributed by atoms with Gasteiger partial charge in [0.25, 0.3) is 0 Å². The van der Waals surface area contributed by atoms with Gasteiger partial charge in [0, 0.05) is 12.6 Å². The van der Waals surface area contributed by atoms with Crippen LogP contribution in [0.15, 0.2) is 23.1 Å². The van der Waals surface area contributed by atoms with Crippen LogP contribution >= 0.6 is 0 Å². The highest BCUT2D eigenvalue weighted by Crippen LogP contribution is 2.30. The van der Waals surface area contributed by atoms with Gasteiger partial charge >= 0.3 is 0 Å². The van der Waals surface area contributed by atoms with Crippen LogP contribution in [0.2, 0.25) is 0 Å². The molecule has 0 amide bonds. The van der Waals surface area contributed by atoms with Crippen molar-refractivity contribution in [1.82, 2.24) is 4.72 Å². The van der Waals surface area contributed by atoms with E-state index >= 15 is 0 Å². The Morgan fingerprint density at radius 1 is 1.40 bits per heavy atom. The summed E-state index contributed by atoms with van der Waals surface area (Å²) >= 11 is 0. The van der Waals surface area contributed by atoms with Crippen molar-refractivity contribution in [3.05, 3.63) is 18.2 Å². The largest absolute Gasteiger partial charge is 0.397 e. The zero-order valence-corrected chi connectivity index (χ0v) is 12.5. The molecule has 0 aromatic heterocycles. The minimum atomic E-state index is -3.45.